The number of aliphatic hydroxyl groups is 1. The highest BCUT2D eigenvalue weighted by molar-refractivity contribution is 5.96. The maximum absolute atomic E-state index is 11.5. The van der Waals surface area contributed by atoms with E-state index in [4.69, 9.17) is 9.84 Å². The van der Waals surface area contributed by atoms with Crippen molar-refractivity contribution < 1.29 is 19.4 Å². The zero-order valence-electron chi connectivity index (χ0n) is 20.9. The number of aliphatic hydroxyl groups excluding tert-OH is 1. The van der Waals surface area contributed by atoms with Crippen LogP contribution in [0.5, 0.6) is 0 Å². The largest absolute Gasteiger partial charge is 0.396 e. The van der Waals surface area contributed by atoms with Crippen LogP contribution in [-0.4, -0.2) is 50.6 Å². The Morgan fingerprint density at radius 2 is 1.77 bits per heavy atom. The first-order chi connectivity index (χ1) is 14.4. The molecule has 2 N–H and O–H groups in total. The summed E-state index contributed by atoms with van der Waals surface area (Å²) < 4.78 is 7.62. The van der Waals surface area contributed by atoms with E-state index in [2.05, 4.69) is 29.5 Å². The van der Waals surface area contributed by atoms with Crippen LogP contribution in [0.25, 0.3) is 0 Å². The molecule has 8 nitrogen and oxygen atoms in total. The number of ketones is 1. The number of carbonyl (C=O) groups excluding carboxylic acids is 2. The Hall–Kier alpha value is -2.06. The molecule has 0 fully saturated rings. The number of ether oxygens (including phenoxy) is 1. The second-order valence-corrected chi connectivity index (χ2v) is 8.44. The second kappa shape index (κ2) is 17.6. The third kappa shape index (κ3) is 19.6. The summed E-state index contributed by atoms with van der Waals surface area (Å²) in [6.45, 7) is 19.6. The van der Waals surface area contributed by atoms with E-state index in [0.717, 1.165) is 6.42 Å². The number of aromatic nitrogens is 3. The van der Waals surface area contributed by atoms with Crippen LogP contribution in [0.4, 0.5) is 0 Å². The van der Waals surface area contributed by atoms with Crippen molar-refractivity contribution in [3.63, 3.8) is 0 Å². The molecule has 0 radical (unpaired) electrons. The zero-order chi connectivity index (χ0) is 24.4. The number of nitrogens with zero attached hydrogens (tertiary/aromatic N) is 3. The molecular formula is C23H44N4O4. The molecule has 0 aliphatic carbocycles. The molecule has 0 unspecified atom stereocenters. The van der Waals surface area contributed by atoms with E-state index in [1.807, 2.05) is 41.5 Å². The topological polar surface area (TPSA) is 106 Å². The SMILES string of the molecule is CC.CC(=O)/C=C\C(=O)NCc1cn(CC(C)(C)OCCC(C)C)nn1.CC(C)CO. The second-order valence-electron chi connectivity index (χ2n) is 8.44. The fourth-order valence-corrected chi connectivity index (χ4v) is 1.93. The summed E-state index contributed by atoms with van der Waals surface area (Å²) in [6.07, 6.45) is 5.23. The first kappa shape index (κ1) is 31.1. The third-order valence-electron chi connectivity index (χ3n) is 3.60. The van der Waals surface area contributed by atoms with Crippen molar-refractivity contribution in [3.8, 4) is 0 Å². The van der Waals surface area contributed by atoms with Crippen LogP contribution >= 0.6 is 0 Å². The lowest BCUT2D eigenvalue weighted by molar-refractivity contribution is -0.117. The average molecular weight is 441 g/mol. The number of rotatable bonds is 11. The van der Waals surface area contributed by atoms with Gasteiger partial charge in [0.2, 0.25) is 5.91 Å². The summed E-state index contributed by atoms with van der Waals surface area (Å²) in [6, 6.07) is 0. The molecule has 0 spiro atoms. The van der Waals surface area contributed by atoms with E-state index in [9.17, 15) is 9.59 Å². The maximum Gasteiger partial charge on any atom is 0.244 e. The van der Waals surface area contributed by atoms with Crippen LogP contribution < -0.4 is 5.32 Å². The van der Waals surface area contributed by atoms with Gasteiger partial charge in [0.25, 0.3) is 0 Å². The zero-order valence-corrected chi connectivity index (χ0v) is 20.9. The quantitative estimate of drug-likeness (QED) is 0.510. The van der Waals surface area contributed by atoms with Gasteiger partial charge in [0.15, 0.2) is 5.78 Å². The van der Waals surface area contributed by atoms with Crippen LogP contribution in [0.15, 0.2) is 18.3 Å². The van der Waals surface area contributed by atoms with Gasteiger partial charge in [-0.15, -0.1) is 5.10 Å². The van der Waals surface area contributed by atoms with Gasteiger partial charge >= 0.3 is 0 Å². The fraction of sp³-hybridized carbons (Fsp3) is 0.739. The van der Waals surface area contributed by atoms with Gasteiger partial charge < -0.3 is 15.2 Å². The van der Waals surface area contributed by atoms with Gasteiger partial charge in [0.1, 0.15) is 5.69 Å². The Morgan fingerprint density at radius 1 is 1.19 bits per heavy atom. The summed E-state index contributed by atoms with van der Waals surface area (Å²) in [4.78, 5) is 22.3. The van der Waals surface area contributed by atoms with Crippen molar-refractivity contribution in [1.82, 2.24) is 20.3 Å². The monoisotopic (exact) mass is 440 g/mol. The van der Waals surface area contributed by atoms with Crippen molar-refractivity contribution >= 4 is 11.7 Å². The molecule has 1 rings (SSSR count). The maximum atomic E-state index is 11.5. The Morgan fingerprint density at radius 3 is 2.26 bits per heavy atom. The number of hydrogen-bond donors (Lipinski definition) is 2. The highest BCUT2D eigenvalue weighted by Crippen LogP contribution is 2.14. The molecular weight excluding hydrogens is 396 g/mol. The van der Waals surface area contributed by atoms with E-state index < -0.39 is 0 Å². The van der Waals surface area contributed by atoms with Crippen molar-refractivity contribution in [2.45, 2.75) is 87.4 Å². The molecule has 0 saturated carbocycles. The Labute approximate surface area is 188 Å². The molecule has 31 heavy (non-hydrogen) atoms. The van der Waals surface area contributed by atoms with Crippen molar-refractivity contribution in [2.24, 2.45) is 11.8 Å². The highest BCUT2D eigenvalue weighted by atomic mass is 16.5. The molecule has 1 aromatic rings. The smallest absolute Gasteiger partial charge is 0.244 e. The Bertz CT molecular complexity index is 637. The summed E-state index contributed by atoms with van der Waals surface area (Å²) >= 11 is 0. The third-order valence-corrected chi connectivity index (χ3v) is 3.60. The number of hydrogen-bond acceptors (Lipinski definition) is 6. The summed E-state index contributed by atoms with van der Waals surface area (Å²) in [5, 5.41) is 18.9. The standard InChI is InChI=1S/C17H28N4O3.C4H10O.C2H6/c1-13(2)8-9-24-17(4,5)12-21-11-15(19-20-21)10-18-16(23)7-6-14(3)22;1-4(2)3-5;1-2/h6-7,11,13H,8-10,12H2,1-5H3,(H,18,23);4-5H,3H2,1-2H3;1-2H3/b7-6-;;. The molecule has 1 aromatic heterocycles. The minimum Gasteiger partial charge on any atom is -0.396 e. The number of nitrogens with one attached hydrogen (secondary N) is 1. The first-order valence-corrected chi connectivity index (χ1v) is 11.1. The molecule has 0 atom stereocenters. The summed E-state index contributed by atoms with van der Waals surface area (Å²) in [5.41, 5.74) is 0.311. The van der Waals surface area contributed by atoms with Gasteiger partial charge in [-0.1, -0.05) is 46.8 Å². The van der Waals surface area contributed by atoms with Gasteiger partial charge in [-0.3, -0.25) is 9.59 Å². The van der Waals surface area contributed by atoms with Gasteiger partial charge in [-0.05, 0) is 45.1 Å². The minimum atomic E-state index is -0.340. The van der Waals surface area contributed by atoms with E-state index in [-0.39, 0.29) is 23.8 Å². The molecule has 1 heterocycles. The molecule has 1 amide bonds. The lowest BCUT2D eigenvalue weighted by Gasteiger charge is -2.25. The predicted molar refractivity (Wildman–Crippen MR) is 124 cm³/mol. The molecule has 0 aliphatic rings. The minimum absolute atomic E-state index is 0.171. The molecule has 0 aliphatic heterocycles. The number of allylic oxidation sites excluding steroid dienone is 1. The summed E-state index contributed by atoms with van der Waals surface area (Å²) in [5.74, 6) is 0.544. The average Bonchev–Trinajstić information content (AvgIpc) is 3.12. The van der Waals surface area contributed by atoms with Crippen LogP contribution in [-0.2, 0) is 27.4 Å². The van der Waals surface area contributed by atoms with Crippen LogP contribution in [0.3, 0.4) is 0 Å². The normalized spacial score (nSPS) is 11.1. The Kier molecular flexibility index (Phi) is 17.7. The van der Waals surface area contributed by atoms with Crippen LogP contribution in [0, 0.1) is 11.8 Å². The van der Waals surface area contributed by atoms with E-state index in [0.29, 0.717) is 37.3 Å². The first-order valence-electron chi connectivity index (χ1n) is 11.1. The molecule has 0 saturated heterocycles. The van der Waals surface area contributed by atoms with E-state index >= 15 is 0 Å². The highest BCUT2D eigenvalue weighted by Gasteiger charge is 2.20. The van der Waals surface area contributed by atoms with Crippen molar-refractivity contribution in [2.75, 3.05) is 13.2 Å². The van der Waals surface area contributed by atoms with Crippen LogP contribution in [0.2, 0.25) is 0 Å². The van der Waals surface area contributed by atoms with Crippen LogP contribution in [0.1, 0.15) is 74.4 Å². The van der Waals surface area contributed by atoms with Gasteiger partial charge in [-0.25, -0.2) is 4.68 Å². The van der Waals surface area contributed by atoms with Crippen molar-refractivity contribution in [1.29, 1.82) is 0 Å². The van der Waals surface area contributed by atoms with Gasteiger partial charge in [0, 0.05) is 19.3 Å². The lowest BCUT2D eigenvalue weighted by atomic mass is 10.1. The number of carbonyl (C=O) groups is 2. The molecule has 0 aromatic carbocycles. The van der Waals surface area contributed by atoms with E-state index in [1.165, 1.54) is 19.1 Å². The molecule has 180 valence electrons. The summed E-state index contributed by atoms with van der Waals surface area (Å²) in [7, 11) is 0. The lowest BCUT2D eigenvalue weighted by Crippen LogP contribution is -2.31. The van der Waals surface area contributed by atoms with Gasteiger partial charge in [-0.2, -0.15) is 0 Å². The number of amides is 1. The molecule has 0 bridgehead atoms. The van der Waals surface area contributed by atoms with Crippen molar-refractivity contribution in [3.05, 3.63) is 24.0 Å². The Balaban J connectivity index is 0. The van der Waals surface area contributed by atoms with Gasteiger partial charge in [0.05, 0.1) is 24.9 Å². The fourth-order valence-electron chi connectivity index (χ4n) is 1.93. The predicted octanol–water partition coefficient (Wildman–Crippen LogP) is 3.54. The molecule has 8 heteroatoms. The van der Waals surface area contributed by atoms with E-state index in [1.54, 1.807) is 10.9 Å².